The van der Waals surface area contributed by atoms with Crippen LogP contribution in [0.2, 0.25) is 0 Å². The molecule has 0 saturated heterocycles. The fourth-order valence-corrected chi connectivity index (χ4v) is 1.50. The first-order valence-electron chi connectivity index (χ1n) is 4.64. The SMILES string of the molecule is [2H]C([2H])=C([2H])C([2H])([2H])[S+]([O-])SCC=C. The van der Waals surface area contributed by atoms with Gasteiger partial charge in [0.2, 0.25) is 0 Å². The van der Waals surface area contributed by atoms with E-state index in [1.165, 1.54) is 6.08 Å². The monoisotopic (exact) mass is 167 g/mol. The van der Waals surface area contributed by atoms with E-state index in [2.05, 4.69) is 6.58 Å². The molecule has 1 nitrogen and oxygen atoms in total. The molecule has 1 atom stereocenters. The summed E-state index contributed by atoms with van der Waals surface area (Å²) in [5.74, 6) is 0.296. The molecule has 0 aromatic rings. The van der Waals surface area contributed by atoms with Crippen LogP contribution in [0.4, 0.5) is 0 Å². The third-order valence-electron chi connectivity index (χ3n) is 0.427. The normalized spacial score (nSPS) is 21.7. The van der Waals surface area contributed by atoms with Gasteiger partial charge in [0, 0.05) is 10.2 Å². The first-order chi connectivity index (χ1) is 6.34. The van der Waals surface area contributed by atoms with Crippen LogP contribution in [0.15, 0.2) is 25.2 Å². The lowest BCUT2D eigenvalue weighted by Gasteiger charge is -2.02. The molecular weight excluding hydrogens is 152 g/mol. The summed E-state index contributed by atoms with van der Waals surface area (Å²) in [5.41, 5.74) is -2.45. The standard InChI is InChI=1S/C6H10OS2/c1-3-5-8-9(7)6-4-2/h3-4H,1-2,5-6H2/i2D2,4D,6D2. The van der Waals surface area contributed by atoms with Crippen LogP contribution in [0.5, 0.6) is 0 Å². The Hall–Kier alpha value is 0.140. The number of hydrogen-bond acceptors (Lipinski definition) is 2. The molecule has 0 aliphatic heterocycles. The maximum absolute atomic E-state index is 11.3. The molecule has 0 heterocycles. The summed E-state index contributed by atoms with van der Waals surface area (Å²) >= 11 is 0. The van der Waals surface area contributed by atoms with E-state index in [1.807, 2.05) is 0 Å². The number of hydrogen-bond donors (Lipinski definition) is 0. The fourth-order valence-electron chi connectivity index (χ4n) is 0.181. The van der Waals surface area contributed by atoms with Gasteiger partial charge in [0.05, 0.1) is 23.4 Å². The molecule has 0 aliphatic carbocycles. The summed E-state index contributed by atoms with van der Waals surface area (Å²) in [7, 11) is -1.20. The molecule has 0 saturated carbocycles. The fraction of sp³-hybridized carbons (Fsp3) is 0.333. The second-order valence-corrected chi connectivity index (χ2v) is 3.89. The van der Waals surface area contributed by atoms with Gasteiger partial charge in [-0.25, -0.2) is 0 Å². The first-order valence-corrected chi connectivity index (χ1v) is 4.79. The topological polar surface area (TPSA) is 23.1 Å². The van der Waals surface area contributed by atoms with Crippen LogP contribution in [0.25, 0.3) is 0 Å². The van der Waals surface area contributed by atoms with Gasteiger partial charge in [-0.2, -0.15) is 0 Å². The average Bonchev–Trinajstić information content (AvgIpc) is 2.12. The quantitative estimate of drug-likeness (QED) is 0.354. The summed E-state index contributed by atoms with van der Waals surface area (Å²) in [6.45, 7) is 2.43. The lowest BCUT2D eigenvalue weighted by molar-refractivity contribution is 0.612. The van der Waals surface area contributed by atoms with Crippen molar-refractivity contribution >= 4 is 21.0 Å². The molecule has 0 radical (unpaired) electrons. The van der Waals surface area contributed by atoms with Crippen LogP contribution in [-0.4, -0.2) is 16.0 Å². The van der Waals surface area contributed by atoms with Crippen LogP contribution in [0.1, 0.15) is 6.85 Å². The van der Waals surface area contributed by atoms with E-state index in [4.69, 9.17) is 6.85 Å². The Kier molecular flexibility index (Phi) is 2.44. The molecule has 9 heavy (non-hydrogen) atoms. The zero-order valence-electron chi connectivity index (χ0n) is 9.72. The summed E-state index contributed by atoms with van der Waals surface area (Å²) < 4.78 is 46.5. The molecule has 3 heteroatoms. The molecule has 1 unspecified atom stereocenters. The van der Waals surface area contributed by atoms with Gasteiger partial charge >= 0.3 is 0 Å². The van der Waals surface area contributed by atoms with Crippen LogP contribution in [0.3, 0.4) is 0 Å². The van der Waals surface area contributed by atoms with Crippen molar-refractivity contribution in [3.8, 4) is 0 Å². The molecule has 0 aromatic carbocycles. The summed E-state index contributed by atoms with van der Waals surface area (Å²) in [4.78, 5) is 0. The van der Waals surface area contributed by atoms with Crippen molar-refractivity contribution in [3.05, 3.63) is 25.2 Å². The third-order valence-corrected chi connectivity index (χ3v) is 2.58. The molecule has 52 valence electrons. The van der Waals surface area contributed by atoms with Crippen molar-refractivity contribution in [1.29, 1.82) is 0 Å². The zero-order valence-corrected chi connectivity index (χ0v) is 6.35. The summed E-state index contributed by atoms with van der Waals surface area (Å²) in [5, 5.41) is 0. The Bertz CT molecular complexity index is 238. The molecule has 0 fully saturated rings. The van der Waals surface area contributed by atoms with E-state index in [0.717, 1.165) is 10.8 Å². The lowest BCUT2D eigenvalue weighted by atomic mass is 10.8. The highest BCUT2D eigenvalue weighted by Gasteiger charge is 2.01. The van der Waals surface area contributed by atoms with Crippen LogP contribution >= 0.6 is 10.8 Å². The summed E-state index contributed by atoms with van der Waals surface area (Å²) in [6, 6.07) is -0.868. The van der Waals surface area contributed by atoms with Gasteiger partial charge in [-0.15, -0.1) is 6.58 Å². The highest BCUT2D eigenvalue weighted by molar-refractivity contribution is 8.72. The van der Waals surface area contributed by atoms with Crippen LogP contribution in [0, 0.1) is 0 Å². The zero-order chi connectivity index (χ0) is 11.4. The highest BCUT2D eigenvalue weighted by Crippen LogP contribution is 2.12. The predicted octanol–water partition coefficient (Wildman–Crippen LogP) is 1.76. The predicted molar refractivity (Wildman–Crippen MR) is 45.9 cm³/mol. The molecule has 0 spiro atoms. The van der Waals surface area contributed by atoms with Gasteiger partial charge in [0.25, 0.3) is 0 Å². The lowest BCUT2D eigenvalue weighted by Crippen LogP contribution is -1.97. The Labute approximate surface area is 69.8 Å². The minimum Gasteiger partial charge on any atom is -0.605 e. The van der Waals surface area contributed by atoms with E-state index in [1.54, 1.807) is 0 Å². The van der Waals surface area contributed by atoms with Crippen LogP contribution < -0.4 is 0 Å². The van der Waals surface area contributed by atoms with Crippen molar-refractivity contribution in [3.63, 3.8) is 0 Å². The first kappa shape index (κ1) is 3.51. The van der Waals surface area contributed by atoms with Crippen molar-refractivity contribution in [2.45, 2.75) is 0 Å². The van der Waals surface area contributed by atoms with E-state index < -0.39 is 28.5 Å². The third kappa shape index (κ3) is 6.02. The molecular formula is C6H10OS2. The molecule has 0 bridgehead atoms. The largest absolute Gasteiger partial charge is 0.605 e. The average molecular weight is 167 g/mol. The van der Waals surface area contributed by atoms with E-state index >= 15 is 0 Å². The molecule has 0 aromatic heterocycles. The molecule has 0 amide bonds. The Morgan fingerprint density at radius 1 is 2.11 bits per heavy atom. The maximum Gasteiger partial charge on any atom is 0.135 e. The van der Waals surface area contributed by atoms with Crippen molar-refractivity contribution < 1.29 is 11.4 Å². The highest BCUT2D eigenvalue weighted by atomic mass is 33.1. The summed E-state index contributed by atoms with van der Waals surface area (Å²) in [6.07, 6.45) is 1.47. The van der Waals surface area contributed by atoms with Crippen molar-refractivity contribution in [2.24, 2.45) is 0 Å². The Morgan fingerprint density at radius 3 is 3.44 bits per heavy atom. The second-order valence-electron chi connectivity index (χ2n) is 1.03. The van der Waals surface area contributed by atoms with Gasteiger partial charge in [-0.1, -0.05) is 12.6 Å². The maximum atomic E-state index is 11.3. The van der Waals surface area contributed by atoms with Gasteiger partial charge < -0.3 is 4.55 Å². The molecule has 0 aliphatic rings. The van der Waals surface area contributed by atoms with Crippen molar-refractivity contribution in [1.82, 2.24) is 0 Å². The van der Waals surface area contributed by atoms with Gasteiger partial charge in [0.1, 0.15) is 5.70 Å². The molecule has 0 N–H and O–H groups in total. The smallest absolute Gasteiger partial charge is 0.135 e. The van der Waals surface area contributed by atoms with E-state index in [0.29, 0.717) is 5.75 Å². The van der Waals surface area contributed by atoms with Gasteiger partial charge in [0.15, 0.2) is 0 Å². The second kappa shape index (κ2) is 6.26. The Balaban J connectivity index is 4.60. The van der Waals surface area contributed by atoms with Crippen molar-refractivity contribution in [2.75, 3.05) is 11.5 Å². The molecule has 0 rings (SSSR count). The van der Waals surface area contributed by atoms with Gasteiger partial charge in [-0.3, -0.25) is 0 Å². The minimum atomic E-state index is -2.45. The number of rotatable bonds is 5. The van der Waals surface area contributed by atoms with E-state index in [-0.39, 0.29) is 0 Å². The van der Waals surface area contributed by atoms with Crippen LogP contribution in [-0.2, 0) is 10.2 Å². The van der Waals surface area contributed by atoms with Gasteiger partial charge in [-0.05, 0) is 6.05 Å². The minimum absolute atomic E-state index is 0.296. The van der Waals surface area contributed by atoms with E-state index in [9.17, 15) is 4.55 Å². The Morgan fingerprint density at radius 2 is 2.89 bits per heavy atom.